The topological polar surface area (TPSA) is 64.0 Å². The molecule has 30 heavy (non-hydrogen) atoms. The van der Waals surface area contributed by atoms with Crippen molar-refractivity contribution < 1.29 is 8.42 Å². The largest absolute Gasteiger partial charge is 0.276 e. The highest BCUT2D eigenvalue weighted by Gasteiger charge is 2.21. The molecule has 160 valence electrons. The second-order valence-corrected chi connectivity index (χ2v) is 10.8. The van der Waals surface area contributed by atoms with Crippen molar-refractivity contribution >= 4 is 38.9 Å². The Hall–Kier alpha value is -2.02. The van der Waals surface area contributed by atoms with Crippen LogP contribution in [0.1, 0.15) is 43.3 Å². The van der Waals surface area contributed by atoms with E-state index in [2.05, 4.69) is 30.6 Å². The molecular weight excluding hydrogens is 441 g/mol. The van der Waals surface area contributed by atoms with E-state index in [0.717, 1.165) is 11.1 Å². The van der Waals surface area contributed by atoms with Crippen molar-refractivity contribution in [2.75, 3.05) is 4.72 Å². The molecule has 1 N–H and O–H groups in total. The van der Waals surface area contributed by atoms with E-state index >= 15 is 0 Å². The van der Waals surface area contributed by atoms with Gasteiger partial charge in [-0.2, -0.15) is 5.10 Å². The van der Waals surface area contributed by atoms with E-state index in [1.54, 1.807) is 35.9 Å². The Balaban J connectivity index is 1.88. The first-order valence-corrected chi connectivity index (χ1v) is 11.7. The Morgan fingerprint density at radius 2 is 1.67 bits per heavy atom. The van der Waals surface area contributed by atoms with Crippen LogP contribution < -0.4 is 4.72 Å². The average molecular weight is 466 g/mol. The van der Waals surface area contributed by atoms with Crippen LogP contribution in [-0.4, -0.2) is 18.2 Å². The molecule has 0 spiro atoms. The molecule has 8 heteroatoms. The van der Waals surface area contributed by atoms with Crippen LogP contribution in [0, 0.1) is 13.8 Å². The fourth-order valence-electron chi connectivity index (χ4n) is 3.14. The minimum absolute atomic E-state index is 0.0486. The highest BCUT2D eigenvalue weighted by atomic mass is 35.5. The third-order valence-corrected chi connectivity index (χ3v) is 6.94. The van der Waals surface area contributed by atoms with Gasteiger partial charge in [-0.15, -0.1) is 0 Å². The Labute approximate surface area is 188 Å². The molecule has 0 atom stereocenters. The lowest BCUT2D eigenvalue weighted by molar-refractivity contribution is 0.587. The molecule has 2 aromatic carbocycles. The first kappa shape index (κ1) is 22.7. The Morgan fingerprint density at radius 1 is 1.03 bits per heavy atom. The SMILES string of the molecule is Cc1nn(Cc2ccc(Cl)cc2Cl)c(C)c1NS(=O)(=O)c1ccc(C(C)(C)C)cc1. The molecule has 1 heterocycles. The van der Waals surface area contributed by atoms with E-state index in [0.29, 0.717) is 33.7 Å². The maximum atomic E-state index is 12.9. The van der Waals surface area contributed by atoms with Gasteiger partial charge in [0.15, 0.2) is 0 Å². The molecule has 0 saturated carbocycles. The van der Waals surface area contributed by atoms with Crippen LogP contribution in [0.15, 0.2) is 47.4 Å². The molecule has 0 saturated heterocycles. The first-order chi connectivity index (χ1) is 13.9. The number of nitrogens with one attached hydrogen (secondary N) is 1. The zero-order valence-corrected chi connectivity index (χ0v) is 20.0. The Morgan fingerprint density at radius 3 is 2.23 bits per heavy atom. The fourth-order valence-corrected chi connectivity index (χ4v) is 4.78. The lowest BCUT2D eigenvalue weighted by Gasteiger charge is -2.19. The second kappa shape index (κ2) is 8.25. The summed E-state index contributed by atoms with van der Waals surface area (Å²) in [6.07, 6.45) is 0. The van der Waals surface area contributed by atoms with Crippen LogP contribution in [0.5, 0.6) is 0 Å². The van der Waals surface area contributed by atoms with Gasteiger partial charge in [0, 0.05) is 10.0 Å². The average Bonchev–Trinajstić information content (AvgIpc) is 2.90. The Kier molecular flexibility index (Phi) is 6.23. The van der Waals surface area contributed by atoms with Crippen molar-refractivity contribution in [1.29, 1.82) is 0 Å². The number of benzene rings is 2. The fraction of sp³-hybridized carbons (Fsp3) is 0.318. The third-order valence-electron chi connectivity index (χ3n) is 4.98. The van der Waals surface area contributed by atoms with E-state index < -0.39 is 10.0 Å². The maximum Gasteiger partial charge on any atom is 0.262 e. The molecule has 1 aromatic heterocycles. The number of aromatic nitrogens is 2. The van der Waals surface area contributed by atoms with Crippen molar-refractivity contribution in [3.63, 3.8) is 0 Å². The number of sulfonamides is 1. The molecule has 0 bridgehead atoms. The van der Waals surface area contributed by atoms with Gasteiger partial charge in [0.25, 0.3) is 10.0 Å². The van der Waals surface area contributed by atoms with Crippen LogP contribution in [0.4, 0.5) is 5.69 Å². The van der Waals surface area contributed by atoms with Crippen LogP contribution in [0.2, 0.25) is 10.0 Å². The summed E-state index contributed by atoms with van der Waals surface area (Å²) in [5.41, 5.74) is 3.63. The van der Waals surface area contributed by atoms with E-state index in [4.69, 9.17) is 23.2 Å². The molecule has 0 amide bonds. The summed E-state index contributed by atoms with van der Waals surface area (Å²) in [7, 11) is -3.74. The number of hydrogen-bond donors (Lipinski definition) is 1. The van der Waals surface area contributed by atoms with E-state index in [-0.39, 0.29) is 10.3 Å². The van der Waals surface area contributed by atoms with Crippen molar-refractivity contribution in [3.05, 3.63) is 75.0 Å². The van der Waals surface area contributed by atoms with Crippen molar-refractivity contribution in [2.45, 2.75) is 51.5 Å². The van der Waals surface area contributed by atoms with Gasteiger partial charge in [-0.3, -0.25) is 9.40 Å². The third kappa shape index (κ3) is 4.82. The van der Waals surface area contributed by atoms with Gasteiger partial charge in [-0.05, 0) is 54.7 Å². The van der Waals surface area contributed by atoms with Gasteiger partial charge in [-0.25, -0.2) is 8.42 Å². The second-order valence-electron chi connectivity index (χ2n) is 8.32. The van der Waals surface area contributed by atoms with E-state index in [9.17, 15) is 8.42 Å². The minimum atomic E-state index is -3.74. The number of aryl methyl sites for hydroxylation is 1. The van der Waals surface area contributed by atoms with Crippen molar-refractivity contribution in [3.8, 4) is 0 Å². The van der Waals surface area contributed by atoms with E-state index in [1.807, 2.05) is 25.1 Å². The van der Waals surface area contributed by atoms with Crippen LogP contribution >= 0.6 is 23.2 Å². The summed E-state index contributed by atoms with van der Waals surface area (Å²) in [5, 5.41) is 5.59. The molecule has 3 rings (SSSR count). The maximum absolute atomic E-state index is 12.9. The zero-order valence-electron chi connectivity index (χ0n) is 17.6. The Bertz CT molecular complexity index is 1180. The van der Waals surface area contributed by atoms with Crippen LogP contribution in [0.25, 0.3) is 0 Å². The highest BCUT2D eigenvalue weighted by molar-refractivity contribution is 7.92. The first-order valence-electron chi connectivity index (χ1n) is 9.50. The van der Waals surface area contributed by atoms with Gasteiger partial charge in [0.2, 0.25) is 0 Å². The van der Waals surface area contributed by atoms with Crippen LogP contribution in [-0.2, 0) is 22.0 Å². The van der Waals surface area contributed by atoms with Gasteiger partial charge < -0.3 is 0 Å². The summed E-state index contributed by atoms with van der Waals surface area (Å²) in [6, 6.07) is 12.2. The van der Waals surface area contributed by atoms with Crippen molar-refractivity contribution in [1.82, 2.24) is 9.78 Å². The number of anilines is 1. The molecule has 3 aromatic rings. The number of hydrogen-bond acceptors (Lipinski definition) is 3. The quantitative estimate of drug-likeness (QED) is 0.505. The lowest BCUT2D eigenvalue weighted by Crippen LogP contribution is -2.15. The minimum Gasteiger partial charge on any atom is -0.276 e. The number of halogens is 2. The molecule has 0 aliphatic heterocycles. The summed E-state index contributed by atoms with van der Waals surface area (Å²) in [6.45, 7) is 10.3. The van der Waals surface area contributed by atoms with Gasteiger partial charge >= 0.3 is 0 Å². The van der Waals surface area contributed by atoms with Crippen molar-refractivity contribution in [2.24, 2.45) is 0 Å². The monoisotopic (exact) mass is 465 g/mol. The van der Waals surface area contributed by atoms with Gasteiger partial charge in [0.05, 0.1) is 28.5 Å². The molecule has 0 radical (unpaired) electrons. The summed E-state index contributed by atoms with van der Waals surface area (Å²) in [4.78, 5) is 0.211. The lowest BCUT2D eigenvalue weighted by atomic mass is 9.87. The van der Waals surface area contributed by atoms with Crippen LogP contribution in [0.3, 0.4) is 0 Å². The van der Waals surface area contributed by atoms with Gasteiger partial charge in [-0.1, -0.05) is 62.2 Å². The predicted molar refractivity (Wildman–Crippen MR) is 123 cm³/mol. The summed E-state index contributed by atoms with van der Waals surface area (Å²) in [5.74, 6) is 0. The number of nitrogens with zero attached hydrogens (tertiary/aromatic N) is 2. The summed E-state index contributed by atoms with van der Waals surface area (Å²) < 4.78 is 30.3. The molecule has 0 aliphatic rings. The number of rotatable bonds is 5. The molecule has 0 fully saturated rings. The smallest absolute Gasteiger partial charge is 0.262 e. The molecular formula is C22H25Cl2N3O2S. The molecule has 5 nitrogen and oxygen atoms in total. The summed E-state index contributed by atoms with van der Waals surface area (Å²) >= 11 is 12.2. The zero-order chi connectivity index (χ0) is 22.3. The molecule has 0 aliphatic carbocycles. The normalized spacial score (nSPS) is 12.2. The predicted octanol–water partition coefficient (Wildman–Crippen LogP) is 5.95. The van der Waals surface area contributed by atoms with E-state index in [1.165, 1.54) is 0 Å². The standard InChI is InChI=1S/C22H25Cl2N3O2S/c1-14-21(15(2)27(25-14)13-16-6-9-18(23)12-20(16)24)26-30(28,29)19-10-7-17(8-11-19)22(3,4)5/h6-12,26H,13H2,1-5H3. The highest BCUT2D eigenvalue weighted by Crippen LogP contribution is 2.28. The van der Waals surface area contributed by atoms with Gasteiger partial charge in [0.1, 0.15) is 0 Å². The molecule has 0 unspecified atom stereocenters.